The van der Waals surface area contributed by atoms with Crippen molar-refractivity contribution in [2.75, 3.05) is 37.9 Å². The Kier molecular flexibility index (Phi) is 8.62. The Labute approximate surface area is 217 Å². The number of anilines is 3. The van der Waals surface area contributed by atoms with Gasteiger partial charge in [0.15, 0.2) is 11.6 Å². The SMILES string of the molecule is CNCCCOc1cc2nccc(Nc3c(F)cc(NC(=O)c4cnccc4OC)cc3F)c2cc1CO. The van der Waals surface area contributed by atoms with Crippen molar-refractivity contribution in [1.82, 2.24) is 15.3 Å². The summed E-state index contributed by atoms with van der Waals surface area (Å²) < 4.78 is 41.0. The first-order valence-electron chi connectivity index (χ1n) is 11.8. The van der Waals surface area contributed by atoms with Crippen LogP contribution in [-0.2, 0) is 6.61 Å². The third-order valence-corrected chi connectivity index (χ3v) is 5.73. The van der Waals surface area contributed by atoms with Crippen LogP contribution in [-0.4, -0.2) is 48.3 Å². The molecule has 4 aromatic rings. The maximum Gasteiger partial charge on any atom is 0.261 e. The molecule has 1 amide bonds. The van der Waals surface area contributed by atoms with E-state index in [0.29, 0.717) is 34.5 Å². The summed E-state index contributed by atoms with van der Waals surface area (Å²) in [4.78, 5) is 20.8. The van der Waals surface area contributed by atoms with E-state index >= 15 is 8.78 Å². The number of amides is 1. The molecule has 0 saturated heterocycles. The lowest BCUT2D eigenvalue weighted by Crippen LogP contribution is -2.14. The lowest BCUT2D eigenvalue weighted by atomic mass is 10.1. The number of carbonyl (C=O) groups excluding carboxylic acids is 1. The number of aliphatic hydroxyl groups is 1. The number of nitrogens with zero attached hydrogens (tertiary/aromatic N) is 2. The van der Waals surface area contributed by atoms with E-state index in [4.69, 9.17) is 9.47 Å². The zero-order valence-corrected chi connectivity index (χ0v) is 20.8. The fourth-order valence-corrected chi connectivity index (χ4v) is 3.84. The summed E-state index contributed by atoms with van der Waals surface area (Å²) in [5.41, 5.74) is 1.04. The van der Waals surface area contributed by atoms with Gasteiger partial charge in [-0.3, -0.25) is 14.8 Å². The van der Waals surface area contributed by atoms with Crippen LogP contribution in [0.25, 0.3) is 10.9 Å². The minimum atomic E-state index is -0.921. The van der Waals surface area contributed by atoms with Gasteiger partial charge in [-0.1, -0.05) is 0 Å². The van der Waals surface area contributed by atoms with Crippen molar-refractivity contribution >= 4 is 33.9 Å². The Morgan fingerprint density at radius 3 is 2.58 bits per heavy atom. The van der Waals surface area contributed by atoms with Gasteiger partial charge in [-0.15, -0.1) is 0 Å². The molecule has 0 unspecified atom stereocenters. The van der Waals surface area contributed by atoms with Gasteiger partial charge in [0, 0.05) is 47.0 Å². The number of carbonyl (C=O) groups is 1. The van der Waals surface area contributed by atoms with E-state index in [1.54, 1.807) is 18.2 Å². The van der Waals surface area contributed by atoms with E-state index in [0.717, 1.165) is 25.1 Å². The van der Waals surface area contributed by atoms with Crippen molar-refractivity contribution < 1.29 is 28.2 Å². The second-order valence-corrected chi connectivity index (χ2v) is 8.27. The highest BCUT2D eigenvalue weighted by Crippen LogP contribution is 2.33. The number of aromatic nitrogens is 2. The molecule has 2 aromatic carbocycles. The molecule has 2 aromatic heterocycles. The predicted octanol–water partition coefficient (Wildman–Crippen LogP) is 4.39. The fraction of sp³-hybridized carbons (Fsp3) is 0.222. The van der Waals surface area contributed by atoms with Crippen molar-refractivity contribution in [3.8, 4) is 11.5 Å². The molecular formula is C27H27F2N5O4. The highest BCUT2D eigenvalue weighted by molar-refractivity contribution is 6.06. The molecule has 0 aliphatic rings. The van der Waals surface area contributed by atoms with Crippen LogP contribution in [0, 0.1) is 11.6 Å². The average molecular weight is 524 g/mol. The van der Waals surface area contributed by atoms with Gasteiger partial charge in [0.25, 0.3) is 5.91 Å². The highest BCUT2D eigenvalue weighted by Gasteiger charge is 2.18. The minimum Gasteiger partial charge on any atom is -0.496 e. The number of ether oxygens (including phenoxy) is 2. The summed E-state index contributed by atoms with van der Waals surface area (Å²) in [6.45, 7) is 0.945. The molecule has 38 heavy (non-hydrogen) atoms. The number of aliphatic hydroxyl groups excluding tert-OH is 1. The van der Waals surface area contributed by atoms with Crippen LogP contribution in [0.3, 0.4) is 0 Å². The Morgan fingerprint density at radius 1 is 1.08 bits per heavy atom. The first kappa shape index (κ1) is 26.7. The van der Waals surface area contributed by atoms with Crippen LogP contribution in [0.4, 0.5) is 25.8 Å². The quantitative estimate of drug-likeness (QED) is 0.214. The van der Waals surface area contributed by atoms with Crippen LogP contribution in [0.2, 0.25) is 0 Å². The van der Waals surface area contributed by atoms with Gasteiger partial charge in [-0.2, -0.15) is 0 Å². The van der Waals surface area contributed by atoms with E-state index in [1.807, 2.05) is 7.05 Å². The number of fused-ring (bicyclic) bond motifs is 1. The van der Waals surface area contributed by atoms with Gasteiger partial charge in [0.05, 0.1) is 31.4 Å². The number of pyridine rings is 2. The molecule has 0 radical (unpaired) electrons. The summed E-state index contributed by atoms with van der Waals surface area (Å²) in [6.07, 6.45) is 5.03. The number of methoxy groups -OCH3 is 1. The molecule has 0 atom stereocenters. The first-order valence-corrected chi connectivity index (χ1v) is 11.8. The monoisotopic (exact) mass is 523 g/mol. The zero-order valence-electron chi connectivity index (χ0n) is 20.8. The van der Waals surface area contributed by atoms with E-state index in [9.17, 15) is 9.90 Å². The molecule has 11 heteroatoms. The molecule has 0 fully saturated rings. The molecule has 2 heterocycles. The van der Waals surface area contributed by atoms with Crippen molar-refractivity contribution in [3.63, 3.8) is 0 Å². The fourth-order valence-electron chi connectivity index (χ4n) is 3.84. The van der Waals surface area contributed by atoms with Crippen molar-refractivity contribution in [1.29, 1.82) is 0 Å². The molecule has 198 valence electrons. The third-order valence-electron chi connectivity index (χ3n) is 5.73. The molecule has 4 rings (SSSR count). The largest absolute Gasteiger partial charge is 0.496 e. The lowest BCUT2D eigenvalue weighted by Gasteiger charge is -2.15. The number of benzene rings is 2. The number of rotatable bonds is 11. The zero-order chi connectivity index (χ0) is 27.1. The van der Waals surface area contributed by atoms with E-state index in [-0.39, 0.29) is 23.6 Å². The molecule has 4 N–H and O–H groups in total. The molecule has 0 spiro atoms. The molecule has 9 nitrogen and oxygen atoms in total. The molecule has 0 aliphatic carbocycles. The molecule has 0 bridgehead atoms. The maximum absolute atomic E-state index is 15.0. The van der Waals surface area contributed by atoms with Crippen molar-refractivity contribution in [3.05, 3.63) is 77.8 Å². The standard InChI is InChI=1S/C27H27F2N5O4/c1-30-6-3-9-38-25-13-23-18(10-16(25)15-35)22(4-8-32-23)34-26-20(28)11-17(12-21(26)29)33-27(36)19-14-31-7-5-24(19)37-2/h4-5,7-8,10-14,30,35H,3,6,9,15H2,1-2H3,(H,32,34)(H,33,36). The Balaban J connectivity index is 1.59. The Bertz CT molecular complexity index is 1430. The molecular weight excluding hydrogens is 496 g/mol. The maximum atomic E-state index is 15.0. The van der Waals surface area contributed by atoms with Gasteiger partial charge < -0.3 is 30.5 Å². The minimum absolute atomic E-state index is 0.0799. The van der Waals surface area contributed by atoms with Gasteiger partial charge in [0.1, 0.15) is 17.2 Å². The number of halogens is 2. The van der Waals surface area contributed by atoms with Gasteiger partial charge in [-0.05, 0) is 50.3 Å². The average Bonchev–Trinajstić information content (AvgIpc) is 2.92. The topological polar surface area (TPSA) is 118 Å². The van der Waals surface area contributed by atoms with Crippen LogP contribution in [0.15, 0.2) is 55.0 Å². The third kappa shape index (κ3) is 5.96. The van der Waals surface area contributed by atoms with Crippen LogP contribution in [0.1, 0.15) is 22.3 Å². The summed E-state index contributed by atoms with van der Waals surface area (Å²) in [6, 6.07) is 8.44. The molecule has 0 saturated carbocycles. The van der Waals surface area contributed by atoms with Gasteiger partial charge >= 0.3 is 0 Å². The van der Waals surface area contributed by atoms with E-state index in [1.165, 1.54) is 31.8 Å². The van der Waals surface area contributed by atoms with Crippen LogP contribution in [0.5, 0.6) is 11.5 Å². The summed E-state index contributed by atoms with van der Waals surface area (Å²) in [5, 5.41) is 18.7. The molecule has 0 aliphatic heterocycles. The van der Waals surface area contributed by atoms with Gasteiger partial charge in [-0.25, -0.2) is 8.78 Å². The second kappa shape index (κ2) is 12.3. The highest BCUT2D eigenvalue weighted by atomic mass is 19.1. The number of nitrogens with one attached hydrogen (secondary N) is 3. The second-order valence-electron chi connectivity index (χ2n) is 8.27. The normalized spacial score (nSPS) is 10.9. The summed E-state index contributed by atoms with van der Waals surface area (Å²) in [5.74, 6) is -1.71. The van der Waals surface area contributed by atoms with Crippen molar-refractivity contribution in [2.45, 2.75) is 13.0 Å². The first-order chi connectivity index (χ1) is 18.4. The van der Waals surface area contributed by atoms with Crippen LogP contribution >= 0.6 is 0 Å². The van der Waals surface area contributed by atoms with E-state index < -0.39 is 23.2 Å². The lowest BCUT2D eigenvalue weighted by molar-refractivity contribution is 0.102. The van der Waals surface area contributed by atoms with Crippen molar-refractivity contribution in [2.24, 2.45) is 0 Å². The number of hydrogen-bond donors (Lipinski definition) is 4. The number of hydrogen-bond acceptors (Lipinski definition) is 8. The summed E-state index contributed by atoms with van der Waals surface area (Å²) >= 11 is 0. The Hall–Kier alpha value is -4.35. The van der Waals surface area contributed by atoms with Crippen LogP contribution < -0.4 is 25.4 Å². The van der Waals surface area contributed by atoms with E-state index in [2.05, 4.69) is 25.9 Å². The predicted molar refractivity (Wildman–Crippen MR) is 140 cm³/mol. The summed E-state index contributed by atoms with van der Waals surface area (Å²) in [7, 11) is 3.25. The van der Waals surface area contributed by atoms with Gasteiger partial charge in [0.2, 0.25) is 0 Å². The Morgan fingerprint density at radius 2 is 1.87 bits per heavy atom. The smallest absolute Gasteiger partial charge is 0.261 e.